The van der Waals surface area contributed by atoms with Gasteiger partial charge in [-0.05, 0) is 32.9 Å². The maximum absolute atomic E-state index is 2.64. The SMILES string of the molecule is CCN1C[C@H](C)N([C@H](C)c2ccccc2)C[C@H]1C. The Balaban J connectivity index is 2.09. The first kappa shape index (κ1) is 13.6. The highest BCUT2D eigenvalue weighted by Crippen LogP contribution is 2.26. The molecule has 0 bridgehead atoms. The molecular weight excluding hydrogens is 220 g/mol. The molecule has 0 unspecified atom stereocenters. The average molecular weight is 246 g/mol. The second-order valence-electron chi connectivity index (χ2n) is 5.57. The zero-order valence-electron chi connectivity index (χ0n) is 12.1. The Hall–Kier alpha value is -0.860. The Morgan fingerprint density at radius 1 is 1.11 bits per heavy atom. The average Bonchev–Trinajstić information content (AvgIpc) is 2.41. The fourth-order valence-electron chi connectivity index (χ4n) is 3.13. The van der Waals surface area contributed by atoms with Crippen LogP contribution in [0.15, 0.2) is 30.3 Å². The summed E-state index contributed by atoms with van der Waals surface area (Å²) in [5.41, 5.74) is 1.43. The summed E-state index contributed by atoms with van der Waals surface area (Å²) >= 11 is 0. The van der Waals surface area contributed by atoms with Gasteiger partial charge >= 0.3 is 0 Å². The smallest absolute Gasteiger partial charge is 0.0323 e. The van der Waals surface area contributed by atoms with Crippen molar-refractivity contribution in [3.8, 4) is 0 Å². The fraction of sp³-hybridized carbons (Fsp3) is 0.625. The van der Waals surface area contributed by atoms with E-state index in [1.54, 1.807) is 0 Å². The summed E-state index contributed by atoms with van der Waals surface area (Å²) in [7, 11) is 0. The van der Waals surface area contributed by atoms with Crippen molar-refractivity contribution >= 4 is 0 Å². The van der Waals surface area contributed by atoms with Crippen molar-refractivity contribution in [2.24, 2.45) is 0 Å². The normalized spacial score (nSPS) is 28.2. The molecule has 3 atom stereocenters. The van der Waals surface area contributed by atoms with Gasteiger partial charge in [0.15, 0.2) is 0 Å². The number of benzene rings is 1. The highest BCUT2D eigenvalue weighted by Gasteiger charge is 2.31. The predicted octanol–water partition coefficient (Wildman–Crippen LogP) is 3.16. The van der Waals surface area contributed by atoms with Crippen molar-refractivity contribution in [1.29, 1.82) is 0 Å². The summed E-state index contributed by atoms with van der Waals surface area (Å²) in [5, 5.41) is 0. The highest BCUT2D eigenvalue weighted by atomic mass is 15.3. The third-order valence-corrected chi connectivity index (χ3v) is 4.35. The van der Waals surface area contributed by atoms with Crippen LogP contribution in [0.25, 0.3) is 0 Å². The Bertz CT molecular complexity index is 363. The van der Waals surface area contributed by atoms with Crippen molar-refractivity contribution in [2.45, 2.75) is 45.8 Å². The molecular formula is C16H26N2. The highest BCUT2D eigenvalue weighted by molar-refractivity contribution is 5.18. The number of hydrogen-bond donors (Lipinski definition) is 0. The molecule has 0 amide bonds. The summed E-state index contributed by atoms with van der Waals surface area (Å²) in [6, 6.07) is 12.7. The number of likely N-dealkylation sites (N-methyl/N-ethyl adjacent to an activating group) is 1. The third-order valence-electron chi connectivity index (χ3n) is 4.35. The lowest BCUT2D eigenvalue weighted by atomic mass is 10.0. The van der Waals surface area contributed by atoms with E-state index in [1.165, 1.54) is 25.2 Å². The molecule has 1 aromatic rings. The molecule has 1 saturated heterocycles. The van der Waals surface area contributed by atoms with Crippen LogP contribution in [0.3, 0.4) is 0 Å². The van der Waals surface area contributed by atoms with E-state index >= 15 is 0 Å². The Labute approximate surface area is 112 Å². The molecule has 1 heterocycles. The molecule has 0 saturated carbocycles. The van der Waals surface area contributed by atoms with E-state index < -0.39 is 0 Å². The zero-order valence-corrected chi connectivity index (χ0v) is 12.1. The molecule has 0 spiro atoms. The summed E-state index contributed by atoms with van der Waals surface area (Å²) in [6.45, 7) is 12.8. The second-order valence-corrected chi connectivity index (χ2v) is 5.57. The van der Waals surface area contributed by atoms with Crippen LogP contribution in [0, 0.1) is 0 Å². The van der Waals surface area contributed by atoms with Crippen LogP contribution in [0.2, 0.25) is 0 Å². The van der Waals surface area contributed by atoms with E-state index in [4.69, 9.17) is 0 Å². The van der Waals surface area contributed by atoms with Gasteiger partial charge in [0.2, 0.25) is 0 Å². The molecule has 0 radical (unpaired) electrons. The molecule has 2 heteroatoms. The molecule has 100 valence electrons. The van der Waals surface area contributed by atoms with E-state index in [2.05, 4.69) is 67.8 Å². The van der Waals surface area contributed by atoms with Gasteiger partial charge in [0.25, 0.3) is 0 Å². The third kappa shape index (κ3) is 2.76. The van der Waals surface area contributed by atoms with Gasteiger partial charge in [-0.15, -0.1) is 0 Å². The van der Waals surface area contributed by atoms with Gasteiger partial charge in [-0.25, -0.2) is 0 Å². The largest absolute Gasteiger partial charge is 0.298 e. The maximum Gasteiger partial charge on any atom is 0.0323 e. The topological polar surface area (TPSA) is 6.48 Å². The monoisotopic (exact) mass is 246 g/mol. The van der Waals surface area contributed by atoms with Gasteiger partial charge in [0.1, 0.15) is 0 Å². The Kier molecular flexibility index (Phi) is 4.41. The van der Waals surface area contributed by atoms with Crippen LogP contribution in [0.5, 0.6) is 0 Å². The molecule has 1 aliphatic heterocycles. The van der Waals surface area contributed by atoms with Crippen molar-refractivity contribution in [2.75, 3.05) is 19.6 Å². The summed E-state index contributed by atoms with van der Waals surface area (Å²) in [6.07, 6.45) is 0. The first-order valence-corrected chi connectivity index (χ1v) is 7.18. The van der Waals surface area contributed by atoms with Crippen molar-refractivity contribution < 1.29 is 0 Å². The van der Waals surface area contributed by atoms with Gasteiger partial charge in [-0.1, -0.05) is 37.3 Å². The van der Waals surface area contributed by atoms with Gasteiger partial charge in [-0.3, -0.25) is 9.80 Å². The van der Waals surface area contributed by atoms with Crippen molar-refractivity contribution in [3.05, 3.63) is 35.9 Å². The van der Waals surface area contributed by atoms with Crippen LogP contribution in [-0.2, 0) is 0 Å². The lowest BCUT2D eigenvalue weighted by molar-refractivity contribution is 0.0216. The first-order chi connectivity index (χ1) is 8.63. The summed E-state index contributed by atoms with van der Waals surface area (Å²) in [4.78, 5) is 5.23. The number of rotatable bonds is 3. The van der Waals surface area contributed by atoms with Crippen LogP contribution in [0.1, 0.15) is 39.3 Å². The van der Waals surface area contributed by atoms with E-state index in [0.717, 1.165) is 0 Å². The second kappa shape index (κ2) is 5.85. The number of piperazine rings is 1. The molecule has 0 aliphatic carbocycles. The van der Waals surface area contributed by atoms with Gasteiger partial charge in [-0.2, -0.15) is 0 Å². The number of hydrogen-bond acceptors (Lipinski definition) is 2. The van der Waals surface area contributed by atoms with Gasteiger partial charge in [0.05, 0.1) is 0 Å². The van der Waals surface area contributed by atoms with E-state index in [-0.39, 0.29) is 0 Å². The predicted molar refractivity (Wildman–Crippen MR) is 77.7 cm³/mol. The van der Waals surface area contributed by atoms with E-state index in [1.807, 2.05) is 0 Å². The number of nitrogens with zero attached hydrogens (tertiary/aromatic N) is 2. The molecule has 0 N–H and O–H groups in total. The van der Waals surface area contributed by atoms with Gasteiger partial charge in [0, 0.05) is 31.2 Å². The zero-order chi connectivity index (χ0) is 13.1. The van der Waals surface area contributed by atoms with E-state index in [0.29, 0.717) is 18.1 Å². The minimum absolute atomic E-state index is 0.516. The first-order valence-electron chi connectivity index (χ1n) is 7.18. The standard InChI is InChI=1S/C16H26N2/c1-5-17-11-14(3)18(12-13(17)2)15(4)16-9-7-6-8-10-16/h6-10,13-15H,5,11-12H2,1-4H3/t13-,14+,15-/m1/s1. The minimum atomic E-state index is 0.516. The lowest BCUT2D eigenvalue weighted by Gasteiger charge is -2.46. The van der Waals surface area contributed by atoms with Crippen LogP contribution < -0.4 is 0 Å². The Morgan fingerprint density at radius 3 is 2.39 bits per heavy atom. The Morgan fingerprint density at radius 2 is 1.78 bits per heavy atom. The minimum Gasteiger partial charge on any atom is -0.298 e. The lowest BCUT2D eigenvalue weighted by Crippen LogP contribution is -2.56. The quantitative estimate of drug-likeness (QED) is 0.808. The molecule has 0 aromatic heterocycles. The van der Waals surface area contributed by atoms with Crippen LogP contribution in [0.4, 0.5) is 0 Å². The summed E-state index contributed by atoms with van der Waals surface area (Å²) in [5.74, 6) is 0. The fourth-order valence-corrected chi connectivity index (χ4v) is 3.13. The van der Waals surface area contributed by atoms with Crippen molar-refractivity contribution in [1.82, 2.24) is 9.80 Å². The summed E-state index contributed by atoms with van der Waals surface area (Å²) < 4.78 is 0. The van der Waals surface area contributed by atoms with Crippen LogP contribution >= 0.6 is 0 Å². The van der Waals surface area contributed by atoms with E-state index in [9.17, 15) is 0 Å². The molecule has 2 nitrogen and oxygen atoms in total. The molecule has 1 fully saturated rings. The van der Waals surface area contributed by atoms with Gasteiger partial charge < -0.3 is 0 Å². The molecule has 2 rings (SSSR count). The van der Waals surface area contributed by atoms with Crippen LogP contribution in [-0.4, -0.2) is 41.5 Å². The maximum atomic E-state index is 2.64. The van der Waals surface area contributed by atoms with Crippen molar-refractivity contribution in [3.63, 3.8) is 0 Å². The molecule has 18 heavy (non-hydrogen) atoms. The molecule has 1 aliphatic rings. The molecule has 1 aromatic carbocycles.